The zero-order valence-corrected chi connectivity index (χ0v) is 9.77. The molecule has 1 fully saturated rings. The molecule has 1 saturated heterocycles. The number of imidazole rings is 1. The van der Waals surface area contributed by atoms with Crippen molar-refractivity contribution in [3.63, 3.8) is 0 Å². The molecule has 15 heavy (non-hydrogen) atoms. The molecular formula is C11H11BrN2O. The van der Waals surface area contributed by atoms with Crippen molar-refractivity contribution in [1.29, 1.82) is 0 Å². The fourth-order valence-corrected chi connectivity index (χ4v) is 2.41. The molecule has 0 aliphatic carbocycles. The Balaban J connectivity index is 2.09. The molecule has 0 aromatic carbocycles. The van der Waals surface area contributed by atoms with E-state index in [2.05, 4.69) is 31.5 Å². The van der Waals surface area contributed by atoms with E-state index < -0.39 is 0 Å². The SMILES string of the molecule is Brc1cccn2cc(C3CCOC3)nc12. The molecule has 1 aliphatic rings. The summed E-state index contributed by atoms with van der Waals surface area (Å²) in [5.41, 5.74) is 2.12. The third kappa shape index (κ3) is 1.58. The first kappa shape index (κ1) is 9.36. The topological polar surface area (TPSA) is 26.5 Å². The van der Waals surface area contributed by atoms with Gasteiger partial charge in [0.2, 0.25) is 0 Å². The molecule has 0 radical (unpaired) electrons. The van der Waals surface area contributed by atoms with Crippen LogP contribution in [0.25, 0.3) is 5.65 Å². The number of nitrogens with zero attached hydrogens (tertiary/aromatic N) is 2. The van der Waals surface area contributed by atoms with Gasteiger partial charge in [-0.25, -0.2) is 4.98 Å². The molecule has 0 amide bonds. The van der Waals surface area contributed by atoms with Crippen molar-refractivity contribution in [3.05, 3.63) is 34.7 Å². The molecule has 1 atom stereocenters. The maximum absolute atomic E-state index is 5.38. The number of hydrogen-bond acceptors (Lipinski definition) is 2. The van der Waals surface area contributed by atoms with E-state index in [0.717, 1.165) is 35.4 Å². The van der Waals surface area contributed by atoms with Gasteiger partial charge in [-0.2, -0.15) is 0 Å². The van der Waals surface area contributed by atoms with Gasteiger partial charge in [-0.15, -0.1) is 0 Å². The Morgan fingerprint density at radius 2 is 2.47 bits per heavy atom. The van der Waals surface area contributed by atoms with Crippen molar-refractivity contribution in [1.82, 2.24) is 9.38 Å². The number of fused-ring (bicyclic) bond motifs is 1. The summed E-state index contributed by atoms with van der Waals surface area (Å²) < 4.78 is 8.47. The van der Waals surface area contributed by atoms with Crippen LogP contribution in [-0.2, 0) is 4.74 Å². The van der Waals surface area contributed by atoms with Crippen LogP contribution in [0.4, 0.5) is 0 Å². The second-order valence-corrected chi connectivity index (χ2v) is 4.67. The van der Waals surface area contributed by atoms with Gasteiger partial charge in [-0.3, -0.25) is 0 Å². The Kier molecular flexibility index (Phi) is 2.25. The molecule has 0 bridgehead atoms. The Bertz CT molecular complexity index is 488. The fourth-order valence-electron chi connectivity index (χ4n) is 1.96. The maximum Gasteiger partial charge on any atom is 0.151 e. The van der Waals surface area contributed by atoms with Crippen LogP contribution >= 0.6 is 15.9 Å². The highest BCUT2D eigenvalue weighted by Gasteiger charge is 2.20. The van der Waals surface area contributed by atoms with Crippen molar-refractivity contribution in [2.45, 2.75) is 12.3 Å². The van der Waals surface area contributed by atoms with Crippen LogP contribution in [0.2, 0.25) is 0 Å². The van der Waals surface area contributed by atoms with E-state index in [-0.39, 0.29) is 0 Å². The minimum absolute atomic E-state index is 0.469. The lowest BCUT2D eigenvalue weighted by Gasteiger charge is -2.00. The smallest absolute Gasteiger partial charge is 0.151 e. The van der Waals surface area contributed by atoms with Crippen molar-refractivity contribution < 1.29 is 4.74 Å². The molecule has 3 heterocycles. The summed E-state index contributed by atoms with van der Waals surface area (Å²) in [5, 5.41) is 0. The number of halogens is 1. The van der Waals surface area contributed by atoms with Crippen LogP contribution in [-0.4, -0.2) is 22.6 Å². The minimum Gasteiger partial charge on any atom is -0.381 e. The molecule has 3 nitrogen and oxygen atoms in total. The molecule has 0 N–H and O–H groups in total. The van der Waals surface area contributed by atoms with Crippen molar-refractivity contribution >= 4 is 21.6 Å². The monoisotopic (exact) mass is 266 g/mol. The molecule has 2 aromatic rings. The van der Waals surface area contributed by atoms with Gasteiger partial charge >= 0.3 is 0 Å². The largest absolute Gasteiger partial charge is 0.381 e. The molecular weight excluding hydrogens is 256 g/mol. The normalized spacial score (nSPS) is 21.3. The Morgan fingerprint density at radius 3 is 3.20 bits per heavy atom. The average Bonchev–Trinajstić information content (AvgIpc) is 2.86. The summed E-state index contributed by atoms with van der Waals surface area (Å²) in [6, 6.07) is 4.02. The molecule has 1 aliphatic heterocycles. The minimum atomic E-state index is 0.469. The maximum atomic E-state index is 5.38. The van der Waals surface area contributed by atoms with Crippen LogP contribution in [0.3, 0.4) is 0 Å². The molecule has 0 saturated carbocycles. The summed E-state index contributed by atoms with van der Waals surface area (Å²) in [6.07, 6.45) is 5.20. The summed E-state index contributed by atoms with van der Waals surface area (Å²) in [5.74, 6) is 0.469. The zero-order valence-electron chi connectivity index (χ0n) is 8.19. The lowest BCUT2D eigenvalue weighted by molar-refractivity contribution is 0.193. The predicted molar refractivity (Wildman–Crippen MR) is 61.1 cm³/mol. The van der Waals surface area contributed by atoms with Gasteiger partial charge in [0.05, 0.1) is 16.8 Å². The summed E-state index contributed by atoms with van der Waals surface area (Å²) in [6.45, 7) is 1.67. The van der Waals surface area contributed by atoms with Crippen LogP contribution < -0.4 is 0 Å². The number of hydrogen-bond donors (Lipinski definition) is 0. The number of pyridine rings is 1. The van der Waals surface area contributed by atoms with Gasteiger partial charge < -0.3 is 9.14 Å². The molecule has 1 unspecified atom stereocenters. The molecule has 0 spiro atoms. The lowest BCUT2D eigenvalue weighted by atomic mass is 10.1. The van der Waals surface area contributed by atoms with Crippen molar-refractivity contribution in [3.8, 4) is 0 Å². The van der Waals surface area contributed by atoms with Crippen LogP contribution in [0.1, 0.15) is 18.0 Å². The predicted octanol–water partition coefficient (Wildman–Crippen LogP) is 2.60. The number of aromatic nitrogens is 2. The fraction of sp³-hybridized carbons (Fsp3) is 0.364. The van der Waals surface area contributed by atoms with E-state index >= 15 is 0 Å². The van der Waals surface area contributed by atoms with Crippen molar-refractivity contribution in [2.75, 3.05) is 13.2 Å². The number of ether oxygens (including phenoxy) is 1. The van der Waals surface area contributed by atoms with E-state index in [4.69, 9.17) is 4.74 Å². The first-order chi connectivity index (χ1) is 7.34. The van der Waals surface area contributed by atoms with E-state index in [9.17, 15) is 0 Å². The third-order valence-corrected chi connectivity index (χ3v) is 3.42. The van der Waals surface area contributed by atoms with E-state index in [1.54, 1.807) is 0 Å². The number of rotatable bonds is 1. The summed E-state index contributed by atoms with van der Waals surface area (Å²) in [7, 11) is 0. The quantitative estimate of drug-likeness (QED) is 0.794. The van der Waals surface area contributed by atoms with Gasteiger partial charge in [-0.05, 0) is 34.5 Å². The lowest BCUT2D eigenvalue weighted by Crippen LogP contribution is -1.96. The van der Waals surface area contributed by atoms with Gasteiger partial charge in [0.15, 0.2) is 5.65 Å². The average molecular weight is 267 g/mol. The molecule has 3 rings (SSSR count). The third-order valence-electron chi connectivity index (χ3n) is 2.80. The molecule has 2 aromatic heterocycles. The first-order valence-corrected chi connectivity index (χ1v) is 5.85. The van der Waals surface area contributed by atoms with Crippen molar-refractivity contribution in [2.24, 2.45) is 0 Å². The van der Waals surface area contributed by atoms with E-state index in [0.29, 0.717) is 5.92 Å². The Labute approximate surface area is 96.2 Å². The van der Waals surface area contributed by atoms with Gasteiger partial charge in [0.1, 0.15) is 0 Å². The van der Waals surface area contributed by atoms with Crippen LogP contribution in [0.5, 0.6) is 0 Å². The molecule has 4 heteroatoms. The van der Waals surface area contributed by atoms with Gasteiger partial charge in [-0.1, -0.05) is 0 Å². The van der Waals surface area contributed by atoms with Gasteiger partial charge in [0, 0.05) is 24.9 Å². The summed E-state index contributed by atoms with van der Waals surface area (Å²) >= 11 is 3.50. The van der Waals surface area contributed by atoms with Crippen LogP contribution in [0, 0.1) is 0 Å². The first-order valence-electron chi connectivity index (χ1n) is 5.05. The van der Waals surface area contributed by atoms with E-state index in [1.165, 1.54) is 0 Å². The Hall–Kier alpha value is -0.870. The van der Waals surface area contributed by atoms with Gasteiger partial charge in [0.25, 0.3) is 0 Å². The van der Waals surface area contributed by atoms with Crippen LogP contribution in [0.15, 0.2) is 29.0 Å². The highest BCUT2D eigenvalue weighted by atomic mass is 79.9. The molecule has 78 valence electrons. The Morgan fingerprint density at radius 1 is 1.53 bits per heavy atom. The highest BCUT2D eigenvalue weighted by Crippen LogP contribution is 2.26. The standard InChI is InChI=1S/C11H11BrN2O/c12-9-2-1-4-14-6-10(13-11(9)14)8-3-5-15-7-8/h1-2,4,6,8H,3,5,7H2. The summed E-state index contributed by atoms with van der Waals surface area (Å²) in [4.78, 5) is 4.63. The zero-order chi connectivity index (χ0) is 10.3. The van der Waals surface area contributed by atoms with E-state index in [1.807, 2.05) is 18.3 Å². The highest BCUT2D eigenvalue weighted by molar-refractivity contribution is 9.10. The second kappa shape index (κ2) is 3.61. The second-order valence-electron chi connectivity index (χ2n) is 3.81.